The van der Waals surface area contributed by atoms with Crippen LogP contribution in [0.4, 0.5) is 0 Å². The van der Waals surface area contributed by atoms with Crippen LogP contribution in [0.2, 0.25) is 0 Å². The first-order valence-corrected chi connectivity index (χ1v) is 8.97. The van der Waals surface area contributed by atoms with Crippen molar-refractivity contribution in [1.29, 1.82) is 0 Å². The largest absolute Gasteiger partial charge is 0.278 e. The maximum absolute atomic E-state index is 5.57. The summed E-state index contributed by atoms with van der Waals surface area (Å²) in [6.07, 6.45) is 9.87. The highest BCUT2D eigenvalue weighted by Gasteiger charge is 2.27. The number of hydrogen-bond acceptors (Lipinski definition) is 5. The van der Waals surface area contributed by atoms with Crippen molar-refractivity contribution in [2.24, 2.45) is 0 Å². The van der Waals surface area contributed by atoms with Crippen molar-refractivity contribution in [3.8, 4) is 12.3 Å². The smallest absolute Gasteiger partial charge is 0.174 e. The fraction of sp³-hybridized carbons (Fsp3) is 0.375. The SMILES string of the molecule is C#CCN(Cc1nnc(SC)s1)C1CCc2ccccc21. The fourth-order valence-corrected chi connectivity index (χ4v) is 4.21. The maximum atomic E-state index is 5.57. The van der Waals surface area contributed by atoms with E-state index >= 15 is 0 Å². The molecule has 3 nitrogen and oxygen atoms in total. The average molecular weight is 315 g/mol. The topological polar surface area (TPSA) is 29.0 Å². The second kappa shape index (κ2) is 6.61. The number of terminal acetylenes is 1. The molecule has 1 aromatic heterocycles. The minimum atomic E-state index is 0.402. The summed E-state index contributed by atoms with van der Waals surface area (Å²) >= 11 is 3.29. The predicted octanol–water partition coefficient (Wildman–Crippen LogP) is 3.38. The third-order valence-electron chi connectivity index (χ3n) is 3.80. The molecule has 0 N–H and O–H groups in total. The molecule has 108 valence electrons. The van der Waals surface area contributed by atoms with Crippen LogP contribution in [0, 0.1) is 12.3 Å². The van der Waals surface area contributed by atoms with Crippen LogP contribution in [0.5, 0.6) is 0 Å². The van der Waals surface area contributed by atoms with Gasteiger partial charge in [-0.1, -0.05) is 53.3 Å². The second-order valence-electron chi connectivity index (χ2n) is 5.03. The summed E-state index contributed by atoms with van der Waals surface area (Å²) in [6.45, 7) is 1.43. The molecule has 0 bridgehead atoms. The van der Waals surface area contributed by atoms with E-state index in [4.69, 9.17) is 6.42 Å². The highest BCUT2D eigenvalue weighted by molar-refractivity contribution is 8.00. The van der Waals surface area contributed by atoms with Gasteiger partial charge in [0.15, 0.2) is 4.34 Å². The molecule has 1 unspecified atom stereocenters. The van der Waals surface area contributed by atoms with E-state index in [2.05, 4.69) is 45.3 Å². The van der Waals surface area contributed by atoms with Crippen molar-refractivity contribution in [3.05, 3.63) is 40.4 Å². The lowest BCUT2D eigenvalue weighted by Gasteiger charge is -2.26. The highest BCUT2D eigenvalue weighted by atomic mass is 32.2. The van der Waals surface area contributed by atoms with Gasteiger partial charge in [-0.2, -0.15) is 0 Å². The minimum absolute atomic E-state index is 0.402. The molecule has 1 aliphatic carbocycles. The fourth-order valence-electron chi connectivity index (χ4n) is 2.87. The summed E-state index contributed by atoms with van der Waals surface area (Å²) in [5, 5.41) is 9.49. The van der Waals surface area contributed by atoms with Gasteiger partial charge < -0.3 is 0 Å². The van der Waals surface area contributed by atoms with E-state index in [0.29, 0.717) is 12.6 Å². The van der Waals surface area contributed by atoms with Gasteiger partial charge in [0, 0.05) is 6.04 Å². The summed E-state index contributed by atoms with van der Waals surface area (Å²) in [5.41, 5.74) is 2.87. The van der Waals surface area contributed by atoms with Gasteiger partial charge in [-0.15, -0.1) is 16.6 Å². The minimum Gasteiger partial charge on any atom is -0.278 e. The quantitative estimate of drug-likeness (QED) is 0.625. The first kappa shape index (κ1) is 14.6. The van der Waals surface area contributed by atoms with E-state index in [1.165, 1.54) is 11.1 Å². The van der Waals surface area contributed by atoms with E-state index in [1.54, 1.807) is 23.1 Å². The molecule has 5 heteroatoms. The van der Waals surface area contributed by atoms with E-state index < -0.39 is 0 Å². The van der Waals surface area contributed by atoms with Crippen LogP contribution in [0.15, 0.2) is 28.6 Å². The van der Waals surface area contributed by atoms with Gasteiger partial charge in [-0.3, -0.25) is 4.90 Å². The predicted molar refractivity (Wildman–Crippen MR) is 88.4 cm³/mol. The molecule has 1 atom stereocenters. The van der Waals surface area contributed by atoms with Gasteiger partial charge in [-0.05, 0) is 30.2 Å². The maximum Gasteiger partial charge on any atom is 0.174 e. The third-order valence-corrected chi connectivity index (χ3v) is 5.68. The normalized spacial score (nSPS) is 16.9. The molecule has 0 spiro atoms. The Balaban J connectivity index is 1.81. The molecule has 0 fully saturated rings. The Kier molecular flexibility index (Phi) is 4.59. The van der Waals surface area contributed by atoms with E-state index in [-0.39, 0.29) is 0 Å². The Morgan fingerprint density at radius 1 is 1.43 bits per heavy atom. The van der Waals surface area contributed by atoms with E-state index in [1.807, 2.05) is 6.26 Å². The summed E-state index contributed by atoms with van der Waals surface area (Å²) < 4.78 is 1.01. The molecular weight excluding hydrogens is 298 g/mol. The zero-order chi connectivity index (χ0) is 14.7. The number of aromatic nitrogens is 2. The van der Waals surface area contributed by atoms with Crippen molar-refractivity contribution >= 4 is 23.1 Å². The molecule has 0 radical (unpaired) electrons. The lowest BCUT2D eigenvalue weighted by atomic mass is 10.1. The molecule has 0 amide bonds. The Hall–Kier alpha value is -1.35. The third kappa shape index (κ3) is 3.13. The standard InChI is InChI=1S/C16H17N3S2/c1-3-10-19(11-15-17-18-16(20-2)21-15)14-9-8-12-6-4-5-7-13(12)14/h1,4-7,14H,8-11H2,2H3. The van der Waals surface area contributed by atoms with Gasteiger partial charge in [0.2, 0.25) is 0 Å². The molecule has 21 heavy (non-hydrogen) atoms. The summed E-state index contributed by atoms with van der Waals surface area (Å²) in [5.74, 6) is 2.79. The molecule has 1 heterocycles. The molecule has 1 aliphatic rings. The highest BCUT2D eigenvalue weighted by Crippen LogP contribution is 2.36. The Bertz CT molecular complexity index is 660. The molecule has 0 saturated carbocycles. The Morgan fingerprint density at radius 3 is 3.05 bits per heavy atom. The van der Waals surface area contributed by atoms with Crippen LogP contribution < -0.4 is 0 Å². The number of nitrogens with zero attached hydrogens (tertiary/aromatic N) is 3. The Morgan fingerprint density at radius 2 is 2.29 bits per heavy atom. The zero-order valence-corrected chi connectivity index (χ0v) is 13.6. The van der Waals surface area contributed by atoms with Crippen molar-refractivity contribution < 1.29 is 0 Å². The molecule has 0 saturated heterocycles. The molecule has 0 aliphatic heterocycles. The average Bonchev–Trinajstić information content (AvgIpc) is 3.13. The number of rotatable bonds is 5. The van der Waals surface area contributed by atoms with Crippen molar-refractivity contribution in [1.82, 2.24) is 15.1 Å². The van der Waals surface area contributed by atoms with Gasteiger partial charge in [0.05, 0.1) is 13.1 Å². The second-order valence-corrected chi connectivity index (χ2v) is 7.14. The number of thioether (sulfide) groups is 1. The molecule has 2 aromatic rings. The van der Waals surface area contributed by atoms with Gasteiger partial charge >= 0.3 is 0 Å². The summed E-state index contributed by atoms with van der Waals surface area (Å²) in [7, 11) is 0. The van der Waals surface area contributed by atoms with Crippen LogP contribution in [-0.4, -0.2) is 27.9 Å². The van der Waals surface area contributed by atoms with Crippen LogP contribution in [0.3, 0.4) is 0 Å². The van der Waals surface area contributed by atoms with Crippen LogP contribution in [0.1, 0.15) is 28.6 Å². The van der Waals surface area contributed by atoms with Crippen molar-refractivity contribution in [2.45, 2.75) is 29.8 Å². The van der Waals surface area contributed by atoms with E-state index in [9.17, 15) is 0 Å². The van der Waals surface area contributed by atoms with E-state index in [0.717, 1.165) is 28.7 Å². The van der Waals surface area contributed by atoms with Crippen LogP contribution >= 0.6 is 23.1 Å². The summed E-state index contributed by atoms with van der Waals surface area (Å²) in [6, 6.07) is 9.08. The number of hydrogen-bond donors (Lipinski definition) is 0. The monoisotopic (exact) mass is 315 g/mol. The lowest BCUT2D eigenvalue weighted by Crippen LogP contribution is -2.27. The van der Waals surface area contributed by atoms with Crippen LogP contribution in [-0.2, 0) is 13.0 Å². The van der Waals surface area contributed by atoms with Gasteiger partial charge in [0.1, 0.15) is 5.01 Å². The number of benzene rings is 1. The number of aryl methyl sites for hydroxylation is 1. The molecular formula is C16H17N3S2. The first-order valence-electron chi connectivity index (χ1n) is 6.93. The summed E-state index contributed by atoms with van der Waals surface area (Å²) in [4.78, 5) is 2.34. The zero-order valence-electron chi connectivity index (χ0n) is 12.0. The lowest BCUT2D eigenvalue weighted by molar-refractivity contribution is 0.212. The van der Waals surface area contributed by atoms with Crippen molar-refractivity contribution in [3.63, 3.8) is 0 Å². The van der Waals surface area contributed by atoms with Crippen molar-refractivity contribution in [2.75, 3.05) is 12.8 Å². The Labute approximate surface area is 133 Å². The molecule has 1 aromatic carbocycles. The van der Waals surface area contributed by atoms with Crippen LogP contribution in [0.25, 0.3) is 0 Å². The van der Waals surface area contributed by atoms with Gasteiger partial charge in [-0.25, -0.2) is 0 Å². The first-order chi connectivity index (χ1) is 10.3. The molecule has 3 rings (SSSR count). The van der Waals surface area contributed by atoms with Gasteiger partial charge in [0.25, 0.3) is 0 Å². The number of fused-ring (bicyclic) bond motifs is 1.